The van der Waals surface area contributed by atoms with Gasteiger partial charge in [0.2, 0.25) is 5.91 Å². The minimum Gasteiger partial charge on any atom is -0.480 e. The second kappa shape index (κ2) is 6.59. The highest BCUT2D eigenvalue weighted by Crippen LogP contribution is 2.31. The predicted octanol–water partition coefficient (Wildman–Crippen LogP) is 2.38. The molecule has 1 unspecified atom stereocenters. The molecule has 0 aromatic carbocycles. The summed E-state index contributed by atoms with van der Waals surface area (Å²) in [6.45, 7) is 5.25. The minimum absolute atomic E-state index is 0.0499. The Morgan fingerprint density at radius 3 is 2.68 bits per heavy atom. The maximum atomic E-state index is 11.7. The number of rotatable bonds is 5. The Hall–Kier alpha value is -1.52. The van der Waals surface area contributed by atoms with Gasteiger partial charge in [-0.1, -0.05) is 0 Å². The molecule has 0 aliphatic heterocycles. The van der Waals surface area contributed by atoms with E-state index in [2.05, 4.69) is 11.4 Å². The van der Waals surface area contributed by atoms with Crippen LogP contribution in [0.2, 0.25) is 0 Å². The van der Waals surface area contributed by atoms with Gasteiger partial charge in [0.1, 0.15) is 11.1 Å². The largest absolute Gasteiger partial charge is 0.480 e. The molecule has 0 saturated heterocycles. The van der Waals surface area contributed by atoms with Crippen molar-refractivity contribution in [1.29, 1.82) is 5.26 Å². The van der Waals surface area contributed by atoms with E-state index in [0.29, 0.717) is 10.6 Å². The number of amides is 1. The number of anilines is 1. The first kappa shape index (κ1) is 15.5. The summed E-state index contributed by atoms with van der Waals surface area (Å²) in [6.07, 6.45) is 0. The molecule has 1 aromatic rings. The average Bonchev–Trinajstić information content (AvgIpc) is 2.61. The van der Waals surface area contributed by atoms with Crippen molar-refractivity contribution >= 4 is 40.0 Å². The zero-order chi connectivity index (χ0) is 14.6. The second-order valence-corrected chi connectivity index (χ2v) is 6.49. The van der Waals surface area contributed by atoms with Crippen molar-refractivity contribution in [2.45, 2.75) is 26.0 Å². The van der Waals surface area contributed by atoms with E-state index in [4.69, 9.17) is 10.4 Å². The maximum Gasteiger partial charge on any atom is 0.316 e. The molecule has 102 valence electrons. The van der Waals surface area contributed by atoms with Crippen LogP contribution in [0.1, 0.15) is 22.9 Å². The van der Waals surface area contributed by atoms with Crippen molar-refractivity contribution in [2.24, 2.45) is 0 Å². The van der Waals surface area contributed by atoms with Gasteiger partial charge in [-0.05, 0) is 26.3 Å². The van der Waals surface area contributed by atoms with Crippen LogP contribution in [0.5, 0.6) is 0 Å². The lowest BCUT2D eigenvalue weighted by Gasteiger charge is -2.06. The van der Waals surface area contributed by atoms with E-state index in [-0.39, 0.29) is 11.7 Å². The van der Waals surface area contributed by atoms with Crippen molar-refractivity contribution in [3.8, 4) is 6.07 Å². The van der Waals surface area contributed by atoms with E-state index >= 15 is 0 Å². The first-order valence-corrected chi connectivity index (χ1v) is 7.37. The molecule has 0 bridgehead atoms. The molecule has 0 aliphatic carbocycles. The summed E-state index contributed by atoms with van der Waals surface area (Å²) in [7, 11) is 0. The maximum absolute atomic E-state index is 11.7. The van der Waals surface area contributed by atoms with Crippen LogP contribution in [0.4, 0.5) is 5.00 Å². The van der Waals surface area contributed by atoms with Crippen molar-refractivity contribution in [2.75, 3.05) is 11.1 Å². The normalized spacial score (nSPS) is 11.7. The standard InChI is InChI=1S/C12H14N2O3S2/c1-6-7(2)19-11(9(6)4-13)14-10(15)5-18-8(3)12(16)17/h8H,5H2,1-3H3,(H,14,15)(H,16,17). The van der Waals surface area contributed by atoms with Crippen molar-refractivity contribution < 1.29 is 14.7 Å². The Morgan fingerprint density at radius 1 is 1.53 bits per heavy atom. The summed E-state index contributed by atoms with van der Waals surface area (Å²) in [4.78, 5) is 23.3. The highest BCUT2D eigenvalue weighted by Gasteiger charge is 2.17. The third kappa shape index (κ3) is 3.98. The second-order valence-electron chi connectivity index (χ2n) is 3.94. The molecule has 2 N–H and O–H groups in total. The van der Waals surface area contributed by atoms with Crippen LogP contribution in [0.15, 0.2) is 0 Å². The van der Waals surface area contributed by atoms with Crippen molar-refractivity contribution in [3.63, 3.8) is 0 Å². The Labute approximate surface area is 119 Å². The number of carboxylic acid groups (broad SMARTS) is 1. The third-order valence-electron chi connectivity index (χ3n) is 2.56. The summed E-state index contributed by atoms with van der Waals surface area (Å²) >= 11 is 2.40. The van der Waals surface area contributed by atoms with Crippen LogP contribution in [0, 0.1) is 25.2 Å². The van der Waals surface area contributed by atoms with Crippen molar-refractivity contribution in [1.82, 2.24) is 0 Å². The van der Waals surface area contributed by atoms with Crippen molar-refractivity contribution in [3.05, 3.63) is 16.0 Å². The van der Waals surface area contributed by atoms with E-state index in [1.54, 1.807) is 0 Å². The molecule has 1 amide bonds. The number of carbonyl (C=O) groups excluding carboxylic acids is 1. The van der Waals surface area contributed by atoms with Gasteiger partial charge in [-0.2, -0.15) is 5.26 Å². The number of nitriles is 1. The molecular formula is C12H14N2O3S2. The molecule has 0 aliphatic rings. The van der Waals surface area contributed by atoms with Gasteiger partial charge in [0.05, 0.1) is 16.6 Å². The van der Waals surface area contributed by atoms with Crippen LogP contribution >= 0.6 is 23.1 Å². The Balaban J connectivity index is 2.66. The van der Waals surface area contributed by atoms with Crippen LogP contribution in [0.25, 0.3) is 0 Å². The number of thioether (sulfide) groups is 1. The molecule has 0 fully saturated rings. The van der Waals surface area contributed by atoms with Crippen LogP contribution in [-0.4, -0.2) is 28.0 Å². The summed E-state index contributed by atoms with van der Waals surface area (Å²) in [5, 5.41) is 20.3. The minimum atomic E-state index is -0.946. The number of aryl methyl sites for hydroxylation is 1. The van der Waals surface area contributed by atoms with E-state index < -0.39 is 11.2 Å². The lowest BCUT2D eigenvalue weighted by atomic mass is 10.2. The molecule has 1 atom stereocenters. The zero-order valence-electron chi connectivity index (χ0n) is 10.8. The van der Waals surface area contributed by atoms with Gasteiger partial charge >= 0.3 is 5.97 Å². The fourth-order valence-corrected chi connectivity index (χ4v) is 2.93. The van der Waals surface area contributed by atoms with Gasteiger partial charge in [-0.25, -0.2) is 0 Å². The number of carboxylic acids is 1. The lowest BCUT2D eigenvalue weighted by Crippen LogP contribution is -2.19. The van der Waals surface area contributed by atoms with E-state index in [1.807, 2.05) is 13.8 Å². The number of thiophene rings is 1. The number of carbonyl (C=O) groups is 2. The van der Waals surface area contributed by atoms with E-state index in [9.17, 15) is 9.59 Å². The smallest absolute Gasteiger partial charge is 0.316 e. The number of hydrogen-bond donors (Lipinski definition) is 2. The number of aliphatic carboxylic acids is 1. The van der Waals surface area contributed by atoms with Gasteiger partial charge in [-0.3, -0.25) is 9.59 Å². The van der Waals surface area contributed by atoms with Crippen LogP contribution in [-0.2, 0) is 9.59 Å². The molecule has 0 saturated carbocycles. The number of nitrogens with one attached hydrogen (secondary N) is 1. The first-order chi connectivity index (χ1) is 8.86. The summed E-state index contributed by atoms with van der Waals surface area (Å²) < 4.78 is 0. The van der Waals surface area contributed by atoms with Gasteiger partial charge in [0.25, 0.3) is 0 Å². The Bertz CT molecular complexity index is 546. The highest BCUT2D eigenvalue weighted by atomic mass is 32.2. The summed E-state index contributed by atoms with van der Waals surface area (Å²) in [5.41, 5.74) is 1.35. The predicted molar refractivity (Wildman–Crippen MR) is 76.7 cm³/mol. The number of hydrogen-bond acceptors (Lipinski definition) is 5. The van der Waals surface area contributed by atoms with Gasteiger partial charge in [0.15, 0.2) is 0 Å². The van der Waals surface area contributed by atoms with Gasteiger partial charge in [-0.15, -0.1) is 23.1 Å². The number of nitrogens with zero attached hydrogens (tertiary/aromatic N) is 1. The molecular weight excluding hydrogens is 284 g/mol. The monoisotopic (exact) mass is 298 g/mol. The fourth-order valence-electron chi connectivity index (χ4n) is 1.28. The molecule has 1 heterocycles. The molecule has 0 radical (unpaired) electrons. The fraction of sp³-hybridized carbons (Fsp3) is 0.417. The van der Waals surface area contributed by atoms with E-state index in [1.165, 1.54) is 18.3 Å². The first-order valence-electron chi connectivity index (χ1n) is 5.51. The quantitative estimate of drug-likeness (QED) is 0.871. The molecule has 1 rings (SSSR count). The van der Waals surface area contributed by atoms with E-state index in [0.717, 1.165) is 22.2 Å². The Morgan fingerprint density at radius 2 is 2.16 bits per heavy atom. The lowest BCUT2D eigenvalue weighted by molar-refractivity contribution is -0.136. The molecule has 19 heavy (non-hydrogen) atoms. The molecule has 5 nitrogen and oxygen atoms in total. The molecule has 0 spiro atoms. The third-order valence-corrected chi connectivity index (χ3v) is 4.82. The highest BCUT2D eigenvalue weighted by molar-refractivity contribution is 8.01. The molecule has 1 aromatic heterocycles. The van der Waals surface area contributed by atoms with Crippen LogP contribution < -0.4 is 5.32 Å². The Kier molecular flexibility index (Phi) is 5.39. The summed E-state index contributed by atoms with van der Waals surface area (Å²) in [5.74, 6) is -1.19. The van der Waals surface area contributed by atoms with Gasteiger partial charge in [0, 0.05) is 4.88 Å². The summed E-state index contributed by atoms with van der Waals surface area (Å²) in [6, 6.07) is 2.07. The average molecular weight is 298 g/mol. The molecule has 7 heteroatoms. The zero-order valence-corrected chi connectivity index (χ0v) is 12.4. The van der Waals surface area contributed by atoms with Crippen LogP contribution in [0.3, 0.4) is 0 Å². The topological polar surface area (TPSA) is 90.2 Å². The SMILES string of the molecule is Cc1sc(NC(=O)CSC(C)C(=O)O)c(C#N)c1C. The van der Waals surface area contributed by atoms with Gasteiger partial charge < -0.3 is 10.4 Å².